The molecule has 3 atom stereocenters. The Hall–Kier alpha value is -2.90. The van der Waals surface area contributed by atoms with Crippen molar-refractivity contribution in [2.45, 2.75) is 52.2 Å². The number of nitrogens with zero attached hydrogens (tertiary/aromatic N) is 2. The van der Waals surface area contributed by atoms with Crippen LogP contribution < -0.4 is 10.1 Å². The van der Waals surface area contributed by atoms with Gasteiger partial charge >= 0.3 is 0 Å². The Bertz CT molecular complexity index is 997. The van der Waals surface area contributed by atoms with Crippen molar-refractivity contribution < 1.29 is 19.1 Å². The zero-order valence-electron chi connectivity index (χ0n) is 22.3. The number of benzene rings is 2. The van der Waals surface area contributed by atoms with Gasteiger partial charge in [0.05, 0.1) is 11.7 Å². The number of nitrogens with one attached hydrogen (secondary N) is 1. The molecule has 7 nitrogen and oxygen atoms in total. The molecule has 2 aromatic rings. The van der Waals surface area contributed by atoms with Gasteiger partial charge in [0.2, 0.25) is 5.91 Å². The third-order valence-corrected chi connectivity index (χ3v) is 6.87. The third kappa shape index (κ3) is 7.55. The number of hydrogen-bond donors (Lipinski definition) is 1. The van der Waals surface area contributed by atoms with E-state index in [0.29, 0.717) is 36.6 Å². The third-order valence-electron chi connectivity index (χ3n) is 6.87. The zero-order chi connectivity index (χ0) is 26.1. The number of ether oxygens (including phenoxy) is 2. The Kier molecular flexibility index (Phi) is 10.3. The molecular formula is C29H41N3O4. The van der Waals surface area contributed by atoms with Crippen LogP contribution in [0.15, 0.2) is 48.5 Å². The van der Waals surface area contributed by atoms with Crippen molar-refractivity contribution in [2.24, 2.45) is 5.92 Å². The number of amides is 2. The number of likely N-dealkylation sites (N-methyl/N-ethyl adjacent to an activating group) is 1. The van der Waals surface area contributed by atoms with E-state index < -0.39 is 0 Å². The summed E-state index contributed by atoms with van der Waals surface area (Å²) in [5, 5.41) is 2.89. The van der Waals surface area contributed by atoms with E-state index in [1.165, 1.54) is 5.56 Å². The number of hydrogen-bond acceptors (Lipinski definition) is 5. The second kappa shape index (κ2) is 13.4. The molecule has 0 saturated heterocycles. The molecule has 3 rings (SSSR count). The number of methoxy groups -OCH3 is 1. The molecule has 196 valence electrons. The average Bonchev–Trinajstić information content (AvgIpc) is 2.88. The Balaban J connectivity index is 1.87. The molecule has 36 heavy (non-hydrogen) atoms. The Morgan fingerprint density at radius 2 is 1.89 bits per heavy atom. The first-order valence-electron chi connectivity index (χ1n) is 12.9. The van der Waals surface area contributed by atoms with Crippen LogP contribution in [0.2, 0.25) is 0 Å². The van der Waals surface area contributed by atoms with Crippen LogP contribution in [0, 0.1) is 5.92 Å². The van der Waals surface area contributed by atoms with Crippen LogP contribution in [0.3, 0.4) is 0 Å². The van der Waals surface area contributed by atoms with E-state index in [2.05, 4.69) is 48.3 Å². The highest BCUT2D eigenvalue weighted by Gasteiger charge is 2.28. The highest BCUT2D eigenvalue weighted by molar-refractivity contribution is 5.99. The summed E-state index contributed by atoms with van der Waals surface area (Å²) in [6, 6.07) is 15.9. The molecule has 0 aliphatic carbocycles. The van der Waals surface area contributed by atoms with E-state index in [0.717, 1.165) is 25.9 Å². The largest absolute Gasteiger partial charge is 0.491 e. The summed E-state index contributed by atoms with van der Waals surface area (Å²) in [7, 11) is 3.50. The van der Waals surface area contributed by atoms with Crippen LogP contribution in [-0.4, -0.2) is 74.2 Å². The maximum absolute atomic E-state index is 13.5. The lowest BCUT2D eigenvalue weighted by Crippen LogP contribution is -2.47. The maximum Gasteiger partial charge on any atom is 0.257 e. The van der Waals surface area contributed by atoms with Crippen molar-refractivity contribution in [3.05, 3.63) is 59.7 Å². The van der Waals surface area contributed by atoms with Crippen LogP contribution in [0.4, 0.5) is 5.69 Å². The molecule has 0 aromatic heterocycles. The fourth-order valence-electron chi connectivity index (χ4n) is 4.61. The summed E-state index contributed by atoms with van der Waals surface area (Å²) in [5.74, 6) is 0.517. The fourth-order valence-corrected chi connectivity index (χ4v) is 4.61. The van der Waals surface area contributed by atoms with Gasteiger partial charge in [0.15, 0.2) is 0 Å². The summed E-state index contributed by atoms with van der Waals surface area (Å²) in [6.45, 7) is 8.96. The van der Waals surface area contributed by atoms with E-state index >= 15 is 0 Å². The summed E-state index contributed by atoms with van der Waals surface area (Å²) < 4.78 is 12.1. The van der Waals surface area contributed by atoms with Gasteiger partial charge in [-0.25, -0.2) is 0 Å². The molecule has 0 bridgehead atoms. The molecule has 0 fully saturated rings. The van der Waals surface area contributed by atoms with Crippen molar-refractivity contribution in [1.82, 2.24) is 9.80 Å². The van der Waals surface area contributed by atoms with Gasteiger partial charge in [0.25, 0.3) is 5.91 Å². The summed E-state index contributed by atoms with van der Waals surface area (Å²) in [6.07, 6.45) is 2.04. The normalized spacial score (nSPS) is 21.6. The summed E-state index contributed by atoms with van der Waals surface area (Å²) in [5.41, 5.74) is 2.35. The molecular weight excluding hydrogens is 454 g/mol. The molecule has 0 unspecified atom stereocenters. The van der Waals surface area contributed by atoms with Crippen molar-refractivity contribution >= 4 is 17.5 Å². The molecule has 2 aromatic carbocycles. The van der Waals surface area contributed by atoms with Crippen LogP contribution in [0.25, 0.3) is 0 Å². The predicted octanol–water partition coefficient (Wildman–Crippen LogP) is 4.47. The Morgan fingerprint density at radius 1 is 1.14 bits per heavy atom. The van der Waals surface area contributed by atoms with E-state index in [1.54, 1.807) is 37.3 Å². The topological polar surface area (TPSA) is 71.1 Å². The summed E-state index contributed by atoms with van der Waals surface area (Å²) >= 11 is 0. The average molecular weight is 496 g/mol. The van der Waals surface area contributed by atoms with Crippen LogP contribution in [0.5, 0.6) is 5.75 Å². The first-order chi connectivity index (χ1) is 17.3. The van der Waals surface area contributed by atoms with Crippen molar-refractivity contribution in [2.75, 3.05) is 45.7 Å². The fraction of sp³-hybridized carbons (Fsp3) is 0.517. The van der Waals surface area contributed by atoms with Crippen LogP contribution in [0.1, 0.15) is 49.5 Å². The quantitative estimate of drug-likeness (QED) is 0.614. The first-order valence-corrected chi connectivity index (χ1v) is 12.9. The van der Waals surface area contributed by atoms with Gasteiger partial charge in [-0.05, 0) is 49.4 Å². The van der Waals surface area contributed by atoms with E-state index in [9.17, 15) is 9.59 Å². The minimum absolute atomic E-state index is 0.0664. The highest BCUT2D eigenvalue weighted by Crippen LogP contribution is 2.26. The minimum atomic E-state index is -0.153. The predicted molar refractivity (Wildman–Crippen MR) is 144 cm³/mol. The molecule has 2 amide bonds. The number of rotatable bonds is 7. The van der Waals surface area contributed by atoms with E-state index in [4.69, 9.17) is 9.47 Å². The summed E-state index contributed by atoms with van der Waals surface area (Å²) in [4.78, 5) is 29.7. The lowest BCUT2D eigenvalue weighted by Gasteiger charge is -2.36. The molecule has 0 spiro atoms. The molecule has 0 radical (unpaired) electrons. The number of carbonyl (C=O) groups is 2. The molecule has 1 N–H and O–H groups in total. The smallest absolute Gasteiger partial charge is 0.257 e. The molecule has 1 aliphatic heterocycles. The Labute approximate surface area is 215 Å². The van der Waals surface area contributed by atoms with Crippen LogP contribution >= 0.6 is 0 Å². The van der Waals surface area contributed by atoms with Crippen LogP contribution in [-0.2, 0) is 16.0 Å². The van der Waals surface area contributed by atoms with Gasteiger partial charge in [-0.1, -0.05) is 44.2 Å². The SMILES string of the molecule is CCCC(=O)Nc1ccc2c(c1)C(=O)N(C)C[C@H](OC)[C@@H](C)CN(CCc1ccccc1)[C@@H](C)CO2. The minimum Gasteiger partial charge on any atom is -0.491 e. The van der Waals surface area contributed by atoms with Crippen molar-refractivity contribution in [3.8, 4) is 5.75 Å². The van der Waals surface area contributed by atoms with Gasteiger partial charge in [0.1, 0.15) is 12.4 Å². The second-order valence-electron chi connectivity index (χ2n) is 9.84. The van der Waals surface area contributed by atoms with Gasteiger partial charge in [-0.15, -0.1) is 0 Å². The van der Waals surface area contributed by atoms with E-state index in [-0.39, 0.29) is 29.9 Å². The van der Waals surface area contributed by atoms with Gasteiger partial charge in [-0.2, -0.15) is 0 Å². The van der Waals surface area contributed by atoms with Gasteiger partial charge < -0.3 is 19.7 Å². The van der Waals surface area contributed by atoms with Gasteiger partial charge in [0, 0.05) is 51.9 Å². The second-order valence-corrected chi connectivity index (χ2v) is 9.84. The number of carbonyl (C=O) groups excluding carboxylic acids is 2. The van der Waals surface area contributed by atoms with Gasteiger partial charge in [-0.3, -0.25) is 14.5 Å². The number of fused-ring (bicyclic) bond motifs is 1. The standard InChI is InChI=1S/C29H41N3O4/c1-6-10-28(33)30-24-13-14-26-25(17-24)29(34)31(4)19-27(35-5)21(2)18-32(22(3)20-36-26)16-15-23-11-8-7-9-12-23/h7-9,11-14,17,21-22,27H,6,10,15-16,18-20H2,1-5H3,(H,30,33)/t21-,22-,27-/m0/s1. The Morgan fingerprint density at radius 3 is 2.58 bits per heavy atom. The molecule has 1 heterocycles. The zero-order valence-corrected chi connectivity index (χ0v) is 22.3. The van der Waals surface area contributed by atoms with E-state index in [1.807, 2.05) is 13.0 Å². The molecule has 0 saturated carbocycles. The van der Waals surface area contributed by atoms with Crippen molar-refractivity contribution in [1.29, 1.82) is 0 Å². The first kappa shape index (κ1) is 27.7. The highest BCUT2D eigenvalue weighted by atomic mass is 16.5. The molecule has 1 aliphatic rings. The molecule has 7 heteroatoms. The lowest BCUT2D eigenvalue weighted by atomic mass is 10.0. The maximum atomic E-state index is 13.5. The monoisotopic (exact) mass is 495 g/mol. The number of anilines is 1. The van der Waals surface area contributed by atoms with Crippen molar-refractivity contribution in [3.63, 3.8) is 0 Å². The lowest BCUT2D eigenvalue weighted by molar-refractivity contribution is -0.116.